The third-order valence-corrected chi connectivity index (χ3v) is 7.08. The van der Waals surface area contributed by atoms with Crippen LogP contribution < -0.4 is 11.5 Å². The Kier molecular flexibility index (Phi) is 4.22. The van der Waals surface area contributed by atoms with Gasteiger partial charge in [-0.2, -0.15) is 0 Å². The van der Waals surface area contributed by atoms with Crippen molar-refractivity contribution in [1.29, 1.82) is 0 Å². The molecule has 0 amide bonds. The molecule has 1 aliphatic heterocycles. The summed E-state index contributed by atoms with van der Waals surface area (Å²) in [6.07, 6.45) is 0. The zero-order valence-corrected chi connectivity index (χ0v) is 19.0. The number of fused-ring (bicyclic) bond motifs is 2. The van der Waals surface area contributed by atoms with Crippen molar-refractivity contribution in [1.82, 2.24) is 4.98 Å². The van der Waals surface area contributed by atoms with Crippen LogP contribution in [0.5, 0.6) is 5.75 Å². The maximum Gasteiger partial charge on any atom is 0.215 e. The molecular formula is C16H8Br4N4O2. The lowest BCUT2D eigenvalue weighted by Crippen LogP contribution is -2.11. The van der Waals surface area contributed by atoms with Crippen LogP contribution in [0.3, 0.4) is 0 Å². The number of ketones is 1. The molecule has 10 heteroatoms. The number of nitrogens with one attached hydrogen (secondary N) is 1. The predicted octanol–water partition coefficient (Wildman–Crippen LogP) is 5.41. The van der Waals surface area contributed by atoms with Gasteiger partial charge < -0.3 is 21.6 Å². The van der Waals surface area contributed by atoms with E-state index in [1.54, 1.807) is 12.1 Å². The summed E-state index contributed by atoms with van der Waals surface area (Å²) in [7, 11) is 0. The first-order chi connectivity index (χ1) is 12.2. The van der Waals surface area contributed by atoms with Crippen LogP contribution in [-0.4, -0.2) is 21.6 Å². The van der Waals surface area contributed by atoms with Gasteiger partial charge in [-0.25, -0.2) is 4.99 Å². The molecule has 0 unspecified atom stereocenters. The quantitative estimate of drug-likeness (QED) is 0.277. The van der Waals surface area contributed by atoms with E-state index in [-0.39, 0.29) is 22.9 Å². The average Bonchev–Trinajstić information content (AvgIpc) is 3.09. The van der Waals surface area contributed by atoms with Gasteiger partial charge in [0.05, 0.1) is 37.1 Å². The van der Waals surface area contributed by atoms with Gasteiger partial charge in [-0.1, -0.05) is 0 Å². The highest BCUT2D eigenvalue weighted by atomic mass is 79.9. The average molecular weight is 608 g/mol. The normalized spacial score (nSPS) is 13.4. The van der Waals surface area contributed by atoms with E-state index in [0.29, 0.717) is 51.4 Å². The second kappa shape index (κ2) is 6.08. The van der Waals surface area contributed by atoms with Gasteiger partial charge in [0, 0.05) is 14.3 Å². The summed E-state index contributed by atoms with van der Waals surface area (Å²) in [6, 6.07) is 3.31. The molecule has 132 valence electrons. The Morgan fingerprint density at radius 2 is 1.62 bits per heavy atom. The van der Waals surface area contributed by atoms with Gasteiger partial charge >= 0.3 is 0 Å². The first-order valence-electron chi connectivity index (χ1n) is 7.11. The maximum atomic E-state index is 12.9. The summed E-state index contributed by atoms with van der Waals surface area (Å²) in [5, 5.41) is 11.2. The number of aromatic nitrogens is 1. The number of halogens is 4. The molecule has 2 heterocycles. The number of nitrogen functional groups attached to an aromatic ring is 2. The van der Waals surface area contributed by atoms with E-state index in [0.717, 1.165) is 0 Å². The van der Waals surface area contributed by atoms with E-state index >= 15 is 0 Å². The Hall–Kier alpha value is -1.36. The van der Waals surface area contributed by atoms with Crippen LogP contribution in [-0.2, 0) is 0 Å². The van der Waals surface area contributed by atoms with Gasteiger partial charge in [0.2, 0.25) is 5.78 Å². The van der Waals surface area contributed by atoms with Crippen molar-refractivity contribution >= 4 is 103 Å². The van der Waals surface area contributed by atoms with Crippen LogP contribution in [0.25, 0.3) is 10.9 Å². The molecule has 1 aromatic heterocycles. The van der Waals surface area contributed by atoms with E-state index in [1.165, 1.54) is 0 Å². The van der Waals surface area contributed by atoms with Crippen LogP contribution >= 0.6 is 63.7 Å². The summed E-state index contributed by atoms with van der Waals surface area (Å²) >= 11 is 13.5. The molecule has 26 heavy (non-hydrogen) atoms. The number of rotatable bonds is 1. The minimum absolute atomic E-state index is 0.0792. The van der Waals surface area contributed by atoms with E-state index in [1.807, 2.05) is 0 Å². The molecule has 0 saturated heterocycles. The number of hydrogen-bond donors (Lipinski definition) is 4. The molecule has 0 saturated carbocycles. The van der Waals surface area contributed by atoms with Gasteiger partial charge in [0.25, 0.3) is 0 Å². The lowest BCUT2D eigenvalue weighted by molar-refractivity contribution is 0.106. The summed E-state index contributed by atoms with van der Waals surface area (Å²) < 4.78 is 2.32. The fourth-order valence-corrected chi connectivity index (χ4v) is 5.23. The maximum absolute atomic E-state index is 12.9. The standard InChI is InChI=1S/C16H8Br4N4O2/c17-5-1-3-11(7(19)9(5)21)23-13(15(3)25)14-16(26)4-2-6(18)10(22)8(20)12(4)24-14/h1-2,23,25H,21-22H2. The number of carbonyl (C=O) groups excluding carboxylic acids is 1. The molecule has 0 fully saturated rings. The van der Waals surface area contributed by atoms with Gasteiger partial charge in [0.15, 0.2) is 5.75 Å². The Labute approximate surface area is 180 Å². The molecule has 2 aromatic carbocycles. The number of H-pyrrole nitrogens is 1. The largest absolute Gasteiger partial charge is 0.505 e. The summed E-state index contributed by atoms with van der Waals surface area (Å²) in [5.41, 5.74) is 14.6. The Bertz CT molecular complexity index is 1180. The minimum atomic E-state index is -0.314. The minimum Gasteiger partial charge on any atom is -0.505 e. The second-order valence-electron chi connectivity index (χ2n) is 5.63. The zero-order chi connectivity index (χ0) is 18.9. The highest BCUT2D eigenvalue weighted by Gasteiger charge is 2.32. The molecular weight excluding hydrogens is 600 g/mol. The van der Waals surface area contributed by atoms with E-state index in [2.05, 4.69) is 73.7 Å². The number of carbonyl (C=O) groups is 1. The van der Waals surface area contributed by atoms with Crippen molar-refractivity contribution < 1.29 is 9.90 Å². The van der Waals surface area contributed by atoms with E-state index < -0.39 is 0 Å². The highest BCUT2D eigenvalue weighted by Crippen LogP contribution is 2.45. The van der Waals surface area contributed by atoms with Crippen molar-refractivity contribution in [2.45, 2.75) is 0 Å². The molecule has 0 aliphatic carbocycles. The van der Waals surface area contributed by atoms with Crippen molar-refractivity contribution in [3.05, 3.63) is 41.3 Å². The number of aromatic hydroxyl groups is 1. The van der Waals surface area contributed by atoms with E-state index in [9.17, 15) is 9.90 Å². The zero-order valence-electron chi connectivity index (χ0n) is 12.6. The number of hydrogen-bond acceptors (Lipinski definition) is 5. The first-order valence-corrected chi connectivity index (χ1v) is 10.3. The third kappa shape index (κ3) is 2.39. The Morgan fingerprint density at radius 3 is 2.31 bits per heavy atom. The molecule has 0 bridgehead atoms. The fraction of sp³-hybridized carbons (Fsp3) is 0. The number of benzene rings is 2. The topological polar surface area (TPSA) is 117 Å². The van der Waals surface area contributed by atoms with Crippen LogP contribution in [0, 0.1) is 0 Å². The van der Waals surface area contributed by atoms with Crippen LogP contribution in [0.4, 0.5) is 17.1 Å². The van der Waals surface area contributed by atoms with Gasteiger partial charge in [-0.05, 0) is 75.9 Å². The molecule has 6 nitrogen and oxygen atoms in total. The molecule has 6 N–H and O–H groups in total. The fourth-order valence-electron chi connectivity index (χ4n) is 2.80. The van der Waals surface area contributed by atoms with Crippen LogP contribution in [0.1, 0.15) is 16.1 Å². The number of nitrogens with two attached hydrogens (primary N) is 2. The van der Waals surface area contributed by atoms with Crippen LogP contribution in [0.2, 0.25) is 0 Å². The molecule has 0 radical (unpaired) electrons. The van der Waals surface area contributed by atoms with Gasteiger partial charge in [-0.3, -0.25) is 4.79 Å². The Balaban J connectivity index is 1.97. The number of aliphatic imine (C=N–C) groups is 1. The summed E-state index contributed by atoms with van der Waals surface area (Å²) in [6.45, 7) is 0. The summed E-state index contributed by atoms with van der Waals surface area (Å²) in [5.74, 6) is -0.393. The van der Waals surface area contributed by atoms with Crippen molar-refractivity contribution in [3.8, 4) is 5.75 Å². The third-order valence-electron chi connectivity index (χ3n) is 4.14. The smallest absolute Gasteiger partial charge is 0.215 e. The Morgan fingerprint density at radius 1 is 1.00 bits per heavy atom. The molecule has 3 aromatic rings. The lowest BCUT2D eigenvalue weighted by Gasteiger charge is -2.05. The number of Topliss-reactive ketones (excluding diaryl/α,β-unsaturated/α-hetero) is 1. The van der Waals surface area contributed by atoms with Crippen molar-refractivity contribution in [2.75, 3.05) is 11.5 Å². The molecule has 0 atom stereocenters. The number of nitrogens with zero attached hydrogens (tertiary/aromatic N) is 1. The van der Waals surface area contributed by atoms with Gasteiger partial charge in [-0.15, -0.1) is 0 Å². The summed E-state index contributed by atoms with van der Waals surface area (Å²) in [4.78, 5) is 20.3. The second-order valence-corrected chi connectivity index (χ2v) is 8.92. The van der Waals surface area contributed by atoms with Crippen LogP contribution in [0.15, 0.2) is 35.0 Å². The highest BCUT2D eigenvalue weighted by molar-refractivity contribution is 9.11. The SMILES string of the molecule is Nc1c(Br)cc2c(c1Br)N=C(c1[nH]c3c(Br)c(N)c(Br)cc3c1O)C2=O. The predicted molar refractivity (Wildman–Crippen MR) is 117 cm³/mol. The monoisotopic (exact) mass is 604 g/mol. The molecule has 0 spiro atoms. The first kappa shape index (κ1) is 18.0. The molecule has 4 rings (SSSR count). The van der Waals surface area contributed by atoms with E-state index in [4.69, 9.17) is 11.5 Å². The number of anilines is 2. The lowest BCUT2D eigenvalue weighted by atomic mass is 10.1. The molecule has 1 aliphatic rings. The van der Waals surface area contributed by atoms with Gasteiger partial charge in [0.1, 0.15) is 11.4 Å². The van der Waals surface area contributed by atoms with Crippen molar-refractivity contribution in [2.24, 2.45) is 4.99 Å². The van der Waals surface area contributed by atoms with Crippen molar-refractivity contribution in [3.63, 3.8) is 0 Å². The number of aromatic amines is 1.